The second-order valence-corrected chi connectivity index (χ2v) is 5.42. The zero-order valence-corrected chi connectivity index (χ0v) is 12.6. The number of carbonyl (C=O) groups is 2. The van der Waals surface area contributed by atoms with Crippen LogP contribution in [0.1, 0.15) is 6.92 Å². The highest BCUT2D eigenvalue weighted by Gasteiger charge is 2.41. The molecule has 9 heteroatoms. The Kier molecular flexibility index (Phi) is 3.61. The number of benzene rings is 1. The number of hydrogen-bond acceptors (Lipinski definition) is 5. The lowest BCUT2D eigenvalue weighted by atomic mass is 9.90. The molecule has 0 aliphatic carbocycles. The summed E-state index contributed by atoms with van der Waals surface area (Å²) < 4.78 is 13.2. The Balaban J connectivity index is 1.91. The van der Waals surface area contributed by atoms with Crippen LogP contribution < -0.4 is 16.4 Å². The molecule has 0 fully saturated rings. The Hall–Kier alpha value is -2.74. The topological polar surface area (TPSA) is 109 Å². The zero-order chi connectivity index (χ0) is 16.7. The maximum absolute atomic E-state index is 13.2. The van der Waals surface area contributed by atoms with E-state index in [0.29, 0.717) is 11.4 Å². The molecule has 1 aromatic carbocycles. The van der Waals surface area contributed by atoms with Crippen LogP contribution in [-0.2, 0) is 9.59 Å². The normalized spacial score (nSPS) is 19.8. The van der Waals surface area contributed by atoms with Crippen LogP contribution in [0.15, 0.2) is 39.7 Å². The average molecular weight is 336 g/mol. The monoisotopic (exact) mass is 335 g/mol. The molecule has 0 saturated heterocycles. The summed E-state index contributed by atoms with van der Waals surface area (Å²) in [6, 6.07) is 3.79. The van der Waals surface area contributed by atoms with Gasteiger partial charge in [-0.15, -0.1) is 5.10 Å². The number of carbonyl (C=O) groups excluding carboxylic acids is 2. The van der Waals surface area contributed by atoms with Gasteiger partial charge in [0.1, 0.15) is 17.6 Å². The summed E-state index contributed by atoms with van der Waals surface area (Å²) in [4.78, 5) is 24.4. The molecular weight excluding hydrogens is 325 g/mol. The molecule has 1 unspecified atom stereocenters. The predicted octanol–water partition coefficient (Wildman–Crippen LogP) is 1.16. The quantitative estimate of drug-likeness (QED) is 0.754. The number of amides is 2. The Morgan fingerprint density at radius 2 is 2.17 bits per heavy atom. The lowest BCUT2D eigenvalue weighted by Gasteiger charge is -2.23. The van der Waals surface area contributed by atoms with Crippen LogP contribution in [0.25, 0.3) is 0 Å². The molecule has 23 heavy (non-hydrogen) atoms. The van der Waals surface area contributed by atoms with E-state index in [0.717, 1.165) is 6.07 Å². The van der Waals surface area contributed by atoms with Crippen molar-refractivity contribution in [2.45, 2.75) is 6.92 Å². The van der Waals surface area contributed by atoms with Crippen molar-refractivity contribution in [3.63, 3.8) is 0 Å². The molecule has 2 aliphatic rings. The minimum absolute atomic E-state index is 0.0279. The highest BCUT2D eigenvalue weighted by atomic mass is 35.5. The zero-order valence-electron chi connectivity index (χ0n) is 11.9. The van der Waals surface area contributed by atoms with Gasteiger partial charge in [0.25, 0.3) is 5.91 Å². The SMILES string of the molecule is CC1=C(C(=O)Nc2ccc(F)c(Cl)c2)C2=NN=C(N)C2C(=O)N1. The van der Waals surface area contributed by atoms with E-state index < -0.39 is 17.6 Å². The number of nitrogens with one attached hydrogen (secondary N) is 2. The molecule has 0 spiro atoms. The third kappa shape index (κ3) is 2.57. The largest absolute Gasteiger partial charge is 0.385 e. The van der Waals surface area contributed by atoms with Gasteiger partial charge >= 0.3 is 0 Å². The van der Waals surface area contributed by atoms with E-state index in [1.54, 1.807) is 6.92 Å². The average Bonchev–Trinajstić information content (AvgIpc) is 2.85. The van der Waals surface area contributed by atoms with Gasteiger partial charge in [-0.1, -0.05) is 11.6 Å². The minimum atomic E-state index is -0.878. The standard InChI is InChI=1S/C14H11ClFN5O2/c1-5-9(11-10(14(23)18-5)12(17)21-20-11)13(22)19-6-2-3-8(16)7(15)4-6/h2-4,10H,1H3,(H2,17,21)(H,18,23)(H,19,22). The van der Waals surface area contributed by atoms with E-state index in [9.17, 15) is 14.0 Å². The number of anilines is 1. The lowest BCUT2D eigenvalue weighted by molar-refractivity contribution is -0.120. The minimum Gasteiger partial charge on any atom is -0.385 e. The first-order valence-electron chi connectivity index (χ1n) is 6.58. The Morgan fingerprint density at radius 3 is 2.87 bits per heavy atom. The summed E-state index contributed by atoms with van der Waals surface area (Å²) in [5, 5.41) is 12.5. The molecule has 4 N–H and O–H groups in total. The number of fused-ring (bicyclic) bond motifs is 1. The van der Waals surface area contributed by atoms with Crippen LogP contribution in [0.3, 0.4) is 0 Å². The van der Waals surface area contributed by atoms with Gasteiger partial charge in [0, 0.05) is 11.4 Å². The van der Waals surface area contributed by atoms with Crippen molar-refractivity contribution in [2.75, 3.05) is 5.32 Å². The number of rotatable bonds is 2. The van der Waals surface area contributed by atoms with Crippen LogP contribution >= 0.6 is 11.6 Å². The summed E-state index contributed by atoms with van der Waals surface area (Å²) >= 11 is 5.69. The first-order valence-corrected chi connectivity index (χ1v) is 6.95. The van der Waals surface area contributed by atoms with Gasteiger partial charge in [0.05, 0.1) is 16.3 Å². The third-order valence-electron chi connectivity index (χ3n) is 3.45. The van der Waals surface area contributed by atoms with Crippen LogP contribution in [-0.4, -0.2) is 23.4 Å². The van der Waals surface area contributed by atoms with Crippen molar-refractivity contribution < 1.29 is 14.0 Å². The van der Waals surface area contributed by atoms with E-state index in [1.165, 1.54) is 12.1 Å². The molecule has 3 rings (SSSR count). The number of nitrogens with zero attached hydrogens (tertiary/aromatic N) is 2. The van der Waals surface area contributed by atoms with Crippen molar-refractivity contribution in [3.8, 4) is 0 Å². The van der Waals surface area contributed by atoms with Crippen LogP contribution in [0, 0.1) is 11.7 Å². The first-order chi connectivity index (χ1) is 10.9. The summed E-state index contributed by atoms with van der Waals surface area (Å²) in [6.45, 7) is 1.57. The fraction of sp³-hybridized carbons (Fsp3) is 0.143. The van der Waals surface area contributed by atoms with Gasteiger partial charge < -0.3 is 16.4 Å². The molecule has 118 valence electrons. The Labute approximate surface area is 135 Å². The molecule has 0 bridgehead atoms. The van der Waals surface area contributed by atoms with Crippen molar-refractivity contribution >= 4 is 40.6 Å². The van der Waals surface area contributed by atoms with Crippen molar-refractivity contribution in [1.29, 1.82) is 0 Å². The molecule has 2 amide bonds. The fourth-order valence-corrected chi connectivity index (χ4v) is 2.57. The highest BCUT2D eigenvalue weighted by Crippen LogP contribution is 2.25. The van der Waals surface area contributed by atoms with Gasteiger partial charge in [-0.05, 0) is 25.1 Å². The summed E-state index contributed by atoms with van der Waals surface area (Å²) in [5.41, 5.74) is 6.64. The van der Waals surface area contributed by atoms with Crippen molar-refractivity contribution in [3.05, 3.63) is 40.3 Å². The second kappa shape index (κ2) is 5.47. The van der Waals surface area contributed by atoms with Crippen LogP contribution in [0.4, 0.5) is 10.1 Å². The van der Waals surface area contributed by atoms with Gasteiger partial charge in [-0.2, -0.15) is 5.10 Å². The van der Waals surface area contributed by atoms with Crippen LogP contribution in [0.5, 0.6) is 0 Å². The molecule has 0 saturated carbocycles. The molecule has 0 radical (unpaired) electrons. The summed E-state index contributed by atoms with van der Waals surface area (Å²) in [7, 11) is 0. The molecule has 0 aromatic heterocycles. The van der Waals surface area contributed by atoms with Gasteiger partial charge in [-0.3, -0.25) is 9.59 Å². The molecule has 1 aromatic rings. The molecule has 2 heterocycles. The fourth-order valence-electron chi connectivity index (χ4n) is 2.39. The van der Waals surface area contributed by atoms with Crippen molar-refractivity contribution in [2.24, 2.45) is 21.9 Å². The number of allylic oxidation sites excluding steroid dienone is 1. The van der Waals surface area contributed by atoms with E-state index >= 15 is 0 Å². The van der Waals surface area contributed by atoms with E-state index in [4.69, 9.17) is 17.3 Å². The van der Waals surface area contributed by atoms with E-state index in [2.05, 4.69) is 20.8 Å². The smallest absolute Gasteiger partial charge is 0.259 e. The number of hydrogen-bond donors (Lipinski definition) is 3. The van der Waals surface area contributed by atoms with Gasteiger partial charge in [-0.25, -0.2) is 4.39 Å². The molecule has 7 nitrogen and oxygen atoms in total. The third-order valence-corrected chi connectivity index (χ3v) is 3.74. The maximum atomic E-state index is 13.2. The number of nitrogens with two attached hydrogens (primary N) is 1. The van der Waals surface area contributed by atoms with E-state index in [-0.39, 0.29) is 28.1 Å². The second-order valence-electron chi connectivity index (χ2n) is 5.02. The lowest BCUT2D eigenvalue weighted by Crippen LogP contribution is -2.47. The van der Waals surface area contributed by atoms with Crippen molar-refractivity contribution in [1.82, 2.24) is 5.32 Å². The predicted molar refractivity (Wildman–Crippen MR) is 83.4 cm³/mol. The van der Waals surface area contributed by atoms with Crippen LogP contribution in [0.2, 0.25) is 5.02 Å². The number of amidine groups is 1. The van der Waals surface area contributed by atoms with Gasteiger partial charge in [0.15, 0.2) is 0 Å². The van der Waals surface area contributed by atoms with E-state index in [1.807, 2.05) is 0 Å². The summed E-state index contributed by atoms with van der Waals surface area (Å²) in [5.74, 6) is -2.36. The Bertz CT molecular complexity index is 830. The highest BCUT2D eigenvalue weighted by molar-refractivity contribution is 6.38. The molecular formula is C14H11ClFN5O2. The molecule has 1 atom stereocenters. The van der Waals surface area contributed by atoms with Gasteiger partial charge in [0.2, 0.25) is 5.91 Å². The first kappa shape index (κ1) is 15.2. The summed E-state index contributed by atoms with van der Waals surface area (Å²) in [6.07, 6.45) is 0. The Morgan fingerprint density at radius 1 is 1.43 bits per heavy atom. The maximum Gasteiger partial charge on any atom is 0.259 e. The number of halogens is 2. The molecule has 2 aliphatic heterocycles.